The monoisotopic (exact) mass is 681 g/mol. The summed E-state index contributed by atoms with van der Waals surface area (Å²) in [5.74, 6) is 1.84. The van der Waals surface area contributed by atoms with Crippen LogP contribution < -0.4 is 0 Å². The first-order valence-corrected chi connectivity index (χ1v) is 17.9. The summed E-state index contributed by atoms with van der Waals surface area (Å²) in [6.07, 6.45) is 0. The summed E-state index contributed by atoms with van der Waals surface area (Å²) < 4.78 is 12.4. The standard InChI is InChI=1S/C48H31N3O2/c1-48(2)39-18-6-3-13-32(39)36-16-10-17-37(44(36)48)47-50-45(49-46(51-47)31-21-23-35-33-14-4-7-19-40(33)53-43(35)27-31)30-12-9-11-28(25-30)29-22-24-42-38(26-29)34-15-5-8-20-41(34)52-42/h3-27H,1-2H3. The minimum absolute atomic E-state index is 0.238. The van der Waals surface area contributed by atoms with Crippen LogP contribution in [0.2, 0.25) is 0 Å². The Kier molecular flexibility index (Phi) is 6.23. The number of nitrogens with zero attached hydrogens (tertiary/aromatic N) is 3. The first-order chi connectivity index (χ1) is 26.0. The third-order valence-corrected chi connectivity index (χ3v) is 10.9. The number of rotatable bonds is 4. The number of para-hydroxylation sites is 2. The largest absolute Gasteiger partial charge is 0.456 e. The van der Waals surface area contributed by atoms with Crippen molar-refractivity contribution in [2.24, 2.45) is 0 Å². The predicted octanol–water partition coefficient (Wildman–Crippen LogP) is 12.6. The molecule has 0 saturated carbocycles. The molecule has 0 aliphatic heterocycles. The van der Waals surface area contributed by atoms with E-state index in [2.05, 4.69) is 129 Å². The summed E-state index contributed by atoms with van der Waals surface area (Å²) in [4.78, 5) is 15.7. The second-order valence-electron chi connectivity index (χ2n) is 14.4. The fourth-order valence-corrected chi connectivity index (χ4v) is 8.40. The first-order valence-electron chi connectivity index (χ1n) is 17.9. The van der Waals surface area contributed by atoms with Crippen LogP contribution >= 0.6 is 0 Å². The van der Waals surface area contributed by atoms with Crippen LogP contribution in [-0.2, 0) is 5.41 Å². The van der Waals surface area contributed by atoms with Crippen LogP contribution in [0.5, 0.6) is 0 Å². The molecule has 11 rings (SSSR count). The molecular formula is C48H31N3O2. The molecule has 0 radical (unpaired) electrons. The summed E-state index contributed by atoms with van der Waals surface area (Å²) in [5, 5.41) is 4.35. The van der Waals surface area contributed by atoms with E-state index in [1.165, 1.54) is 22.3 Å². The Morgan fingerprint density at radius 2 is 0.925 bits per heavy atom. The van der Waals surface area contributed by atoms with Gasteiger partial charge in [-0.3, -0.25) is 0 Å². The molecule has 0 saturated heterocycles. The molecule has 0 spiro atoms. The van der Waals surface area contributed by atoms with Gasteiger partial charge in [0.1, 0.15) is 22.3 Å². The summed E-state index contributed by atoms with van der Waals surface area (Å²) in [7, 11) is 0. The molecule has 0 bridgehead atoms. The van der Waals surface area contributed by atoms with Crippen molar-refractivity contribution in [1.29, 1.82) is 0 Å². The van der Waals surface area contributed by atoms with Crippen molar-refractivity contribution in [1.82, 2.24) is 15.0 Å². The highest BCUT2D eigenvalue weighted by Crippen LogP contribution is 2.51. The number of furan rings is 2. The molecule has 53 heavy (non-hydrogen) atoms. The molecule has 5 heteroatoms. The molecule has 0 unspecified atom stereocenters. The molecule has 0 atom stereocenters. The molecule has 0 amide bonds. The lowest BCUT2D eigenvalue weighted by atomic mass is 9.80. The van der Waals surface area contributed by atoms with Crippen LogP contribution in [0, 0.1) is 0 Å². The SMILES string of the molecule is CC1(C)c2ccccc2-c2cccc(-c3nc(-c4cccc(-c5ccc6oc7ccccc7c6c5)c4)nc(-c4ccc5c(c4)oc4ccccc45)n3)c21. The van der Waals surface area contributed by atoms with Gasteiger partial charge in [0.15, 0.2) is 17.5 Å². The predicted molar refractivity (Wildman–Crippen MR) is 214 cm³/mol. The Bertz CT molecular complexity index is 3110. The average Bonchev–Trinajstić information content (AvgIpc) is 3.85. The highest BCUT2D eigenvalue weighted by molar-refractivity contribution is 6.07. The lowest BCUT2D eigenvalue weighted by Gasteiger charge is -2.24. The van der Waals surface area contributed by atoms with E-state index in [1.54, 1.807) is 0 Å². The molecule has 5 nitrogen and oxygen atoms in total. The molecule has 3 aromatic heterocycles. The second-order valence-corrected chi connectivity index (χ2v) is 14.4. The van der Waals surface area contributed by atoms with Gasteiger partial charge in [-0.2, -0.15) is 0 Å². The number of fused-ring (bicyclic) bond motifs is 9. The Labute approximate surface area is 305 Å². The minimum atomic E-state index is -0.238. The van der Waals surface area contributed by atoms with Gasteiger partial charge in [-0.05, 0) is 75.8 Å². The van der Waals surface area contributed by atoms with E-state index in [0.717, 1.165) is 71.7 Å². The van der Waals surface area contributed by atoms with Crippen LogP contribution in [0.3, 0.4) is 0 Å². The van der Waals surface area contributed by atoms with Gasteiger partial charge in [-0.15, -0.1) is 0 Å². The molecule has 10 aromatic rings. The van der Waals surface area contributed by atoms with Crippen LogP contribution in [0.25, 0.3) is 100 Å². The maximum Gasteiger partial charge on any atom is 0.164 e. The second kappa shape index (κ2) is 11.1. The molecule has 0 fully saturated rings. The highest BCUT2D eigenvalue weighted by Gasteiger charge is 2.38. The summed E-state index contributed by atoms with van der Waals surface area (Å²) in [6, 6.07) is 52.6. The van der Waals surface area contributed by atoms with E-state index in [-0.39, 0.29) is 5.41 Å². The van der Waals surface area contributed by atoms with E-state index < -0.39 is 0 Å². The molecule has 1 aliphatic rings. The average molecular weight is 682 g/mol. The van der Waals surface area contributed by atoms with E-state index in [1.807, 2.05) is 36.4 Å². The Hall–Kier alpha value is -6.85. The van der Waals surface area contributed by atoms with Crippen LogP contribution in [0.4, 0.5) is 0 Å². The fourth-order valence-electron chi connectivity index (χ4n) is 8.40. The Morgan fingerprint density at radius 1 is 0.377 bits per heavy atom. The topological polar surface area (TPSA) is 65.0 Å². The van der Waals surface area contributed by atoms with E-state index in [0.29, 0.717) is 17.5 Å². The van der Waals surface area contributed by atoms with Gasteiger partial charge in [-0.25, -0.2) is 15.0 Å². The Balaban J connectivity index is 1.11. The third-order valence-electron chi connectivity index (χ3n) is 10.9. The smallest absolute Gasteiger partial charge is 0.164 e. The van der Waals surface area contributed by atoms with Crippen molar-refractivity contribution in [2.75, 3.05) is 0 Å². The van der Waals surface area contributed by atoms with Crippen molar-refractivity contribution < 1.29 is 8.83 Å². The number of hydrogen-bond donors (Lipinski definition) is 0. The number of hydrogen-bond acceptors (Lipinski definition) is 5. The van der Waals surface area contributed by atoms with E-state index in [9.17, 15) is 0 Å². The van der Waals surface area contributed by atoms with Crippen molar-refractivity contribution in [3.8, 4) is 56.4 Å². The Morgan fingerprint density at radius 3 is 1.75 bits per heavy atom. The summed E-state index contributed by atoms with van der Waals surface area (Å²) in [6.45, 7) is 4.59. The van der Waals surface area contributed by atoms with Gasteiger partial charge in [0.05, 0.1) is 0 Å². The first kappa shape index (κ1) is 29.8. The van der Waals surface area contributed by atoms with Gasteiger partial charge < -0.3 is 8.83 Å². The van der Waals surface area contributed by atoms with Crippen LogP contribution in [0.1, 0.15) is 25.0 Å². The van der Waals surface area contributed by atoms with Gasteiger partial charge >= 0.3 is 0 Å². The van der Waals surface area contributed by atoms with Gasteiger partial charge in [0.2, 0.25) is 0 Å². The van der Waals surface area contributed by atoms with Crippen molar-refractivity contribution in [2.45, 2.75) is 19.3 Å². The van der Waals surface area contributed by atoms with E-state index in [4.69, 9.17) is 23.8 Å². The van der Waals surface area contributed by atoms with Crippen LogP contribution in [-0.4, -0.2) is 15.0 Å². The van der Waals surface area contributed by atoms with Crippen LogP contribution in [0.15, 0.2) is 160 Å². The molecule has 1 aliphatic carbocycles. The molecular weight excluding hydrogens is 651 g/mol. The quantitative estimate of drug-likeness (QED) is 0.185. The zero-order valence-electron chi connectivity index (χ0n) is 29.1. The zero-order valence-corrected chi connectivity index (χ0v) is 29.1. The fraction of sp³-hybridized carbons (Fsp3) is 0.0625. The van der Waals surface area contributed by atoms with Crippen molar-refractivity contribution in [3.05, 3.63) is 163 Å². The highest BCUT2D eigenvalue weighted by atomic mass is 16.3. The molecule has 3 heterocycles. The van der Waals surface area contributed by atoms with Gasteiger partial charge in [0, 0.05) is 43.7 Å². The summed E-state index contributed by atoms with van der Waals surface area (Å²) >= 11 is 0. The van der Waals surface area contributed by atoms with Crippen molar-refractivity contribution in [3.63, 3.8) is 0 Å². The number of benzene rings is 7. The van der Waals surface area contributed by atoms with Gasteiger partial charge in [0.25, 0.3) is 0 Å². The third kappa shape index (κ3) is 4.54. The summed E-state index contributed by atoms with van der Waals surface area (Å²) in [5.41, 5.74) is 13.1. The zero-order chi connectivity index (χ0) is 35.3. The van der Waals surface area contributed by atoms with Crippen molar-refractivity contribution >= 4 is 43.9 Å². The minimum Gasteiger partial charge on any atom is -0.456 e. The lowest BCUT2D eigenvalue weighted by molar-refractivity contribution is 0.661. The van der Waals surface area contributed by atoms with E-state index >= 15 is 0 Å². The molecule has 7 aromatic carbocycles. The number of aromatic nitrogens is 3. The normalized spacial score (nSPS) is 13.2. The maximum absolute atomic E-state index is 6.31. The lowest BCUT2D eigenvalue weighted by Crippen LogP contribution is -2.17. The molecule has 0 N–H and O–H groups in total. The van der Waals surface area contributed by atoms with Gasteiger partial charge in [-0.1, -0.05) is 123 Å². The maximum atomic E-state index is 6.31. The molecule has 250 valence electrons.